The fourth-order valence-electron chi connectivity index (χ4n) is 3.57. The van der Waals surface area contributed by atoms with Crippen molar-refractivity contribution in [2.45, 2.75) is 52.1 Å². The Hall–Kier alpha value is -2.98. The molecular formula is C21H27N5O4S. The van der Waals surface area contributed by atoms with E-state index in [0.29, 0.717) is 6.54 Å². The van der Waals surface area contributed by atoms with Crippen molar-refractivity contribution >= 4 is 15.9 Å². The van der Waals surface area contributed by atoms with E-state index in [9.17, 15) is 13.2 Å². The first kappa shape index (κ1) is 22.7. The van der Waals surface area contributed by atoms with Gasteiger partial charge in [-0.3, -0.25) is 4.79 Å². The van der Waals surface area contributed by atoms with Crippen LogP contribution >= 0.6 is 0 Å². The zero-order valence-corrected chi connectivity index (χ0v) is 19.3. The summed E-state index contributed by atoms with van der Waals surface area (Å²) in [5.74, 6) is -0.181. The van der Waals surface area contributed by atoms with Gasteiger partial charge < -0.3 is 9.42 Å². The van der Waals surface area contributed by atoms with Crippen LogP contribution in [0.5, 0.6) is 0 Å². The molecule has 0 aliphatic rings. The molecule has 2 heterocycles. The molecular weight excluding hydrogens is 418 g/mol. The maximum Gasteiger partial charge on any atom is 0.246 e. The molecule has 1 N–H and O–H groups in total. The van der Waals surface area contributed by atoms with Gasteiger partial charge in [-0.15, -0.1) is 0 Å². The Morgan fingerprint density at radius 2 is 1.81 bits per heavy atom. The summed E-state index contributed by atoms with van der Waals surface area (Å²) in [6.07, 6.45) is 0. The molecule has 0 radical (unpaired) electrons. The molecule has 0 unspecified atom stereocenters. The highest BCUT2D eigenvalue weighted by Gasteiger charge is 2.29. The van der Waals surface area contributed by atoms with Gasteiger partial charge in [-0.1, -0.05) is 23.4 Å². The number of aryl methyl sites for hydroxylation is 3. The van der Waals surface area contributed by atoms with Crippen LogP contribution in [0.1, 0.15) is 35.3 Å². The highest BCUT2D eigenvalue weighted by atomic mass is 32.2. The molecule has 1 atom stereocenters. The summed E-state index contributed by atoms with van der Waals surface area (Å²) < 4.78 is 34.6. The third kappa shape index (κ3) is 4.54. The van der Waals surface area contributed by atoms with Crippen molar-refractivity contribution in [1.29, 1.82) is 0 Å². The van der Waals surface area contributed by atoms with Gasteiger partial charge in [-0.05, 0) is 46.8 Å². The van der Waals surface area contributed by atoms with Crippen molar-refractivity contribution in [3.63, 3.8) is 0 Å². The molecule has 0 aliphatic heterocycles. The Morgan fingerprint density at radius 1 is 1.16 bits per heavy atom. The topological polar surface area (TPSA) is 110 Å². The number of hydrogen-bond donors (Lipinski definition) is 1. The molecule has 3 aromatic rings. The molecule has 0 spiro atoms. The van der Waals surface area contributed by atoms with Crippen LogP contribution in [-0.4, -0.2) is 47.3 Å². The van der Waals surface area contributed by atoms with Crippen LogP contribution in [0.15, 0.2) is 39.8 Å². The zero-order chi connectivity index (χ0) is 22.9. The predicted molar refractivity (Wildman–Crippen MR) is 115 cm³/mol. The Kier molecular flexibility index (Phi) is 6.33. The normalized spacial score (nSPS) is 12.7. The van der Waals surface area contributed by atoms with Gasteiger partial charge in [0, 0.05) is 24.8 Å². The molecule has 9 nitrogen and oxygen atoms in total. The van der Waals surface area contributed by atoms with Crippen LogP contribution in [0.4, 0.5) is 0 Å². The molecule has 0 saturated heterocycles. The molecule has 10 heteroatoms. The highest BCUT2D eigenvalue weighted by molar-refractivity contribution is 7.89. The molecule has 1 amide bonds. The van der Waals surface area contributed by atoms with Gasteiger partial charge in [0.2, 0.25) is 15.9 Å². The maximum atomic E-state index is 12.9. The number of para-hydroxylation sites is 1. The maximum absolute atomic E-state index is 12.9. The Bertz CT molecular complexity index is 1180. The lowest BCUT2D eigenvalue weighted by atomic mass is 10.1. The number of sulfonamides is 1. The predicted octanol–water partition coefficient (Wildman–Crippen LogP) is 2.42. The monoisotopic (exact) mass is 445 g/mol. The average molecular weight is 446 g/mol. The van der Waals surface area contributed by atoms with E-state index in [1.165, 1.54) is 18.7 Å². The fourth-order valence-corrected chi connectivity index (χ4v) is 5.10. The van der Waals surface area contributed by atoms with Gasteiger partial charge in [-0.25, -0.2) is 13.1 Å². The van der Waals surface area contributed by atoms with E-state index in [2.05, 4.69) is 15.0 Å². The van der Waals surface area contributed by atoms with Gasteiger partial charge in [0.05, 0.1) is 17.4 Å². The van der Waals surface area contributed by atoms with Crippen molar-refractivity contribution in [1.82, 2.24) is 24.6 Å². The lowest BCUT2D eigenvalue weighted by Gasteiger charge is -2.22. The van der Waals surface area contributed by atoms with Gasteiger partial charge in [0.1, 0.15) is 10.6 Å². The van der Waals surface area contributed by atoms with Crippen LogP contribution in [0.2, 0.25) is 0 Å². The minimum atomic E-state index is -3.95. The van der Waals surface area contributed by atoms with E-state index < -0.39 is 16.1 Å². The summed E-state index contributed by atoms with van der Waals surface area (Å²) in [4.78, 5) is 14.4. The molecule has 0 saturated carbocycles. The summed E-state index contributed by atoms with van der Waals surface area (Å²) >= 11 is 0. The third-order valence-corrected chi connectivity index (χ3v) is 6.94. The minimum Gasteiger partial charge on any atom is -0.360 e. The van der Waals surface area contributed by atoms with E-state index in [0.717, 1.165) is 22.6 Å². The van der Waals surface area contributed by atoms with Crippen LogP contribution in [0, 0.1) is 27.7 Å². The molecule has 2 aromatic heterocycles. The first-order valence-electron chi connectivity index (χ1n) is 9.83. The van der Waals surface area contributed by atoms with E-state index in [1.807, 2.05) is 48.9 Å². The summed E-state index contributed by atoms with van der Waals surface area (Å²) in [5, 5.41) is 8.27. The van der Waals surface area contributed by atoms with E-state index in [-0.39, 0.29) is 22.3 Å². The van der Waals surface area contributed by atoms with E-state index >= 15 is 0 Å². The number of aromatic nitrogens is 3. The molecule has 166 valence electrons. The number of amides is 1. The summed E-state index contributed by atoms with van der Waals surface area (Å²) in [6, 6.07) is 8.77. The second-order valence-electron chi connectivity index (χ2n) is 7.59. The Morgan fingerprint density at radius 3 is 2.39 bits per heavy atom. The lowest BCUT2D eigenvalue weighted by Crippen LogP contribution is -2.45. The quantitative estimate of drug-likeness (QED) is 0.598. The van der Waals surface area contributed by atoms with Crippen LogP contribution < -0.4 is 4.72 Å². The standard InChI is InChI=1S/C21H27N5O4S/c1-13-19(16(4)26(22-13)18-10-8-7-9-11-18)12-25(6)21(27)15(3)24-31(28,29)20-14(2)23-30-17(20)5/h7-11,15,24H,12H2,1-6H3/t15-/m0/s1. The number of likely N-dealkylation sites (N-methyl/N-ethyl adjacent to an activating group) is 1. The molecule has 31 heavy (non-hydrogen) atoms. The molecule has 0 bridgehead atoms. The second-order valence-corrected chi connectivity index (χ2v) is 9.24. The van der Waals surface area contributed by atoms with Crippen LogP contribution in [-0.2, 0) is 21.4 Å². The SMILES string of the molecule is Cc1nn(-c2ccccc2)c(C)c1CN(C)C(=O)[C@H](C)NS(=O)(=O)c1c(C)noc1C. The molecule has 0 aliphatic carbocycles. The van der Waals surface area contributed by atoms with Gasteiger partial charge in [0.15, 0.2) is 5.76 Å². The number of nitrogens with zero attached hydrogens (tertiary/aromatic N) is 4. The summed E-state index contributed by atoms with van der Waals surface area (Å²) in [7, 11) is -2.31. The summed E-state index contributed by atoms with van der Waals surface area (Å²) in [6.45, 7) is 8.72. The van der Waals surface area contributed by atoms with Gasteiger partial charge in [-0.2, -0.15) is 9.82 Å². The molecule has 0 fully saturated rings. The number of rotatable bonds is 7. The number of carbonyl (C=O) groups excluding carboxylic acids is 1. The number of nitrogens with one attached hydrogen (secondary N) is 1. The first-order chi connectivity index (χ1) is 14.5. The van der Waals surface area contributed by atoms with Crippen molar-refractivity contribution < 1.29 is 17.7 Å². The Balaban J connectivity index is 1.76. The van der Waals surface area contributed by atoms with Crippen molar-refractivity contribution in [2.75, 3.05) is 7.05 Å². The lowest BCUT2D eigenvalue weighted by molar-refractivity contribution is -0.131. The van der Waals surface area contributed by atoms with E-state index in [4.69, 9.17) is 4.52 Å². The Labute approximate surface area is 182 Å². The van der Waals surface area contributed by atoms with Crippen molar-refractivity contribution in [3.05, 3.63) is 58.7 Å². The smallest absolute Gasteiger partial charge is 0.246 e. The first-order valence-corrected chi connectivity index (χ1v) is 11.3. The average Bonchev–Trinajstić information content (AvgIpc) is 3.20. The second kappa shape index (κ2) is 8.64. The number of benzene rings is 1. The third-order valence-electron chi connectivity index (χ3n) is 5.15. The number of carbonyl (C=O) groups is 1. The molecule has 1 aromatic carbocycles. The largest absolute Gasteiger partial charge is 0.360 e. The van der Waals surface area contributed by atoms with Crippen molar-refractivity contribution in [2.24, 2.45) is 0 Å². The summed E-state index contributed by atoms with van der Waals surface area (Å²) in [5.41, 5.74) is 3.83. The van der Waals surface area contributed by atoms with Crippen LogP contribution in [0.3, 0.4) is 0 Å². The van der Waals surface area contributed by atoms with Gasteiger partial charge >= 0.3 is 0 Å². The van der Waals surface area contributed by atoms with E-state index in [1.54, 1.807) is 14.0 Å². The minimum absolute atomic E-state index is 0.0365. The van der Waals surface area contributed by atoms with Crippen LogP contribution in [0.25, 0.3) is 5.69 Å². The fraction of sp³-hybridized carbons (Fsp3) is 0.381. The van der Waals surface area contributed by atoms with Gasteiger partial charge in [0.25, 0.3) is 0 Å². The molecule has 3 rings (SSSR count). The van der Waals surface area contributed by atoms with Crippen molar-refractivity contribution in [3.8, 4) is 5.69 Å². The highest BCUT2D eigenvalue weighted by Crippen LogP contribution is 2.21. The zero-order valence-electron chi connectivity index (χ0n) is 18.5. The number of hydrogen-bond acceptors (Lipinski definition) is 6.